The second-order valence-electron chi connectivity index (χ2n) is 5.04. The van der Waals surface area contributed by atoms with Crippen LogP contribution in [0.25, 0.3) is 0 Å². The minimum absolute atomic E-state index is 0.219. The van der Waals surface area contributed by atoms with Crippen molar-refractivity contribution < 1.29 is 19.1 Å². The summed E-state index contributed by atoms with van der Waals surface area (Å²) in [6.45, 7) is 0.296. The van der Waals surface area contributed by atoms with E-state index >= 15 is 0 Å². The SMILES string of the molecule is O=C(COC(=O)c1cc(Br)ccc1Cl)c1ccc2c(c1)CCO2. The topological polar surface area (TPSA) is 52.6 Å². The molecule has 1 aliphatic heterocycles. The summed E-state index contributed by atoms with van der Waals surface area (Å²) < 4.78 is 11.2. The van der Waals surface area contributed by atoms with Gasteiger partial charge in [-0.2, -0.15) is 0 Å². The summed E-state index contributed by atoms with van der Waals surface area (Å²) in [7, 11) is 0. The molecule has 0 fully saturated rings. The summed E-state index contributed by atoms with van der Waals surface area (Å²) in [5.74, 6) is -0.0900. The van der Waals surface area contributed by atoms with Crippen molar-refractivity contribution in [1.82, 2.24) is 0 Å². The second kappa shape index (κ2) is 6.72. The van der Waals surface area contributed by atoms with Crippen LogP contribution in [-0.2, 0) is 11.2 Å². The number of ketones is 1. The highest BCUT2D eigenvalue weighted by molar-refractivity contribution is 9.10. The summed E-state index contributed by atoms with van der Waals surface area (Å²) in [4.78, 5) is 24.2. The van der Waals surface area contributed by atoms with Gasteiger partial charge in [-0.05, 0) is 42.0 Å². The van der Waals surface area contributed by atoms with Crippen molar-refractivity contribution in [2.45, 2.75) is 6.42 Å². The molecule has 6 heteroatoms. The molecular weight excluding hydrogens is 384 g/mol. The zero-order chi connectivity index (χ0) is 16.4. The highest BCUT2D eigenvalue weighted by atomic mass is 79.9. The Morgan fingerprint density at radius 2 is 2.04 bits per heavy atom. The van der Waals surface area contributed by atoms with Crippen LogP contribution in [-0.4, -0.2) is 25.0 Å². The van der Waals surface area contributed by atoms with E-state index in [0.29, 0.717) is 16.6 Å². The van der Waals surface area contributed by atoms with Crippen LogP contribution in [0.4, 0.5) is 0 Å². The van der Waals surface area contributed by atoms with Crippen molar-refractivity contribution in [3.8, 4) is 5.75 Å². The number of ether oxygens (including phenoxy) is 2. The van der Waals surface area contributed by atoms with Gasteiger partial charge in [0.2, 0.25) is 0 Å². The summed E-state index contributed by atoms with van der Waals surface area (Å²) in [5, 5.41) is 0.278. The zero-order valence-corrected chi connectivity index (χ0v) is 14.3. The van der Waals surface area contributed by atoms with E-state index in [-0.39, 0.29) is 23.0 Å². The van der Waals surface area contributed by atoms with E-state index in [2.05, 4.69) is 15.9 Å². The van der Waals surface area contributed by atoms with Crippen molar-refractivity contribution >= 4 is 39.3 Å². The number of halogens is 2. The Morgan fingerprint density at radius 3 is 2.87 bits per heavy atom. The Hall–Kier alpha value is -1.85. The van der Waals surface area contributed by atoms with Crippen molar-refractivity contribution in [3.63, 3.8) is 0 Å². The van der Waals surface area contributed by atoms with E-state index in [1.54, 1.807) is 36.4 Å². The zero-order valence-electron chi connectivity index (χ0n) is 12.0. The smallest absolute Gasteiger partial charge is 0.340 e. The maximum absolute atomic E-state index is 12.2. The lowest BCUT2D eigenvalue weighted by molar-refractivity contribution is 0.0475. The van der Waals surface area contributed by atoms with Crippen LogP contribution in [0.2, 0.25) is 5.02 Å². The van der Waals surface area contributed by atoms with Gasteiger partial charge in [-0.15, -0.1) is 0 Å². The largest absolute Gasteiger partial charge is 0.493 e. The van der Waals surface area contributed by atoms with Crippen LogP contribution in [0, 0.1) is 0 Å². The van der Waals surface area contributed by atoms with E-state index in [1.165, 1.54) is 0 Å². The molecule has 3 rings (SSSR count). The molecule has 0 aliphatic carbocycles. The van der Waals surface area contributed by atoms with Crippen LogP contribution in [0.15, 0.2) is 40.9 Å². The van der Waals surface area contributed by atoms with Gasteiger partial charge in [0.05, 0.1) is 17.2 Å². The molecule has 0 radical (unpaired) electrons. The molecule has 0 saturated carbocycles. The molecular formula is C17H12BrClO4. The monoisotopic (exact) mass is 394 g/mol. The molecule has 0 aromatic heterocycles. The highest BCUT2D eigenvalue weighted by Crippen LogP contribution is 2.26. The minimum atomic E-state index is -0.630. The van der Waals surface area contributed by atoms with Crippen LogP contribution in [0.3, 0.4) is 0 Å². The predicted octanol–water partition coefficient (Wildman–Crippen LogP) is 4.08. The lowest BCUT2D eigenvalue weighted by atomic mass is 10.1. The molecule has 0 amide bonds. The number of hydrogen-bond acceptors (Lipinski definition) is 4. The number of carbonyl (C=O) groups excluding carboxylic acids is 2. The predicted molar refractivity (Wildman–Crippen MR) is 89.4 cm³/mol. The maximum Gasteiger partial charge on any atom is 0.340 e. The maximum atomic E-state index is 12.2. The molecule has 23 heavy (non-hydrogen) atoms. The fourth-order valence-corrected chi connectivity index (χ4v) is 2.86. The average molecular weight is 396 g/mol. The third-order valence-corrected chi connectivity index (χ3v) is 4.32. The molecule has 1 heterocycles. The van der Waals surface area contributed by atoms with E-state index in [4.69, 9.17) is 21.1 Å². The Labute approximate surface area is 146 Å². The average Bonchev–Trinajstić information content (AvgIpc) is 3.02. The first-order valence-corrected chi connectivity index (χ1v) is 8.13. The van der Waals surface area contributed by atoms with Crippen molar-refractivity contribution in [3.05, 3.63) is 62.6 Å². The Bertz CT molecular complexity index is 788. The molecule has 0 saturated heterocycles. The molecule has 2 aromatic carbocycles. The molecule has 0 atom stereocenters. The molecule has 0 spiro atoms. The molecule has 0 unspecified atom stereocenters. The lowest BCUT2D eigenvalue weighted by Crippen LogP contribution is -2.14. The van der Waals surface area contributed by atoms with Gasteiger partial charge in [0.25, 0.3) is 0 Å². The van der Waals surface area contributed by atoms with Crippen LogP contribution in [0.5, 0.6) is 5.75 Å². The molecule has 0 bridgehead atoms. The van der Waals surface area contributed by atoms with Gasteiger partial charge in [-0.3, -0.25) is 4.79 Å². The molecule has 0 N–H and O–H groups in total. The van der Waals surface area contributed by atoms with Gasteiger partial charge in [0.15, 0.2) is 12.4 Å². The van der Waals surface area contributed by atoms with Crippen molar-refractivity contribution in [2.75, 3.05) is 13.2 Å². The van der Waals surface area contributed by atoms with Gasteiger partial charge >= 0.3 is 5.97 Å². The first-order valence-electron chi connectivity index (χ1n) is 6.95. The number of Topliss-reactive ketones (excluding diaryl/α,β-unsaturated/α-hetero) is 1. The van der Waals surface area contributed by atoms with Gasteiger partial charge in [0, 0.05) is 16.5 Å². The van der Waals surface area contributed by atoms with E-state index in [0.717, 1.165) is 17.7 Å². The molecule has 4 nitrogen and oxygen atoms in total. The fourth-order valence-electron chi connectivity index (χ4n) is 2.31. The number of fused-ring (bicyclic) bond motifs is 1. The summed E-state index contributed by atoms with van der Waals surface area (Å²) in [6.07, 6.45) is 0.782. The molecule has 1 aliphatic rings. The Morgan fingerprint density at radius 1 is 1.22 bits per heavy atom. The second-order valence-corrected chi connectivity index (χ2v) is 6.37. The summed E-state index contributed by atoms with van der Waals surface area (Å²) >= 11 is 9.23. The molecule has 118 valence electrons. The van der Waals surface area contributed by atoms with E-state index < -0.39 is 5.97 Å². The first-order chi connectivity index (χ1) is 11.0. The van der Waals surface area contributed by atoms with Crippen molar-refractivity contribution in [1.29, 1.82) is 0 Å². The van der Waals surface area contributed by atoms with Gasteiger partial charge in [0.1, 0.15) is 5.75 Å². The number of benzene rings is 2. The van der Waals surface area contributed by atoms with Gasteiger partial charge in [-0.25, -0.2) is 4.79 Å². The molecule has 2 aromatic rings. The Balaban J connectivity index is 1.67. The van der Waals surface area contributed by atoms with Crippen LogP contribution < -0.4 is 4.74 Å². The van der Waals surface area contributed by atoms with Crippen LogP contribution >= 0.6 is 27.5 Å². The number of hydrogen-bond donors (Lipinski definition) is 0. The third kappa shape index (κ3) is 3.57. The van der Waals surface area contributed by atoms with E-state index in [1.807, 2.05) is 0 Å². The Kier molecular flexibility index (Phi) is 4.68. The van der Waals surface area contributed by atoms with Gasteiger partial charge < -0.3 is 9.47 Å². The lowest BCUT2D eigenvalue weighted by Gasteiger charge is -2.07. The number of esters is 1. The summed E-state index contributed by atoms with van der Waals surface area (Å²) in [6, 6.07) is 10.1. The number of rotatable bonds is 4. The first kappa shape index (κ1) is 16.0. The third-order valence-electron chi connectivity index (χ3n) is 3.49. The standard InChI is InChI=1S/C17H12BrClO4/c18-12-2-3-14(19)13(8-12)17(21)23-9-15(20)10-1-4-16-11(7-10)5-6-22-16/h1-4,7-8H,5-6,9H2. The van der Waals surface area contributed by atoms with Crippen molar-refractivity contribution in [2.24, 2.45) is 0 Å². The normalized spacial score (nSPS) is 12.4. The quantitative estimate of drug-likeness (QED) is 0.578. The van der Waals surface area contributed by atoms with E-state index in [9.17, 15) is 9.59 Å². The summed E-state index contributed by atoms with van der Waals surface area (Å²) in [5.41, 5.74) is 1.72. The highest BCUT2D eigenvalue weighted by Gasteiger charge is 2.18. The van der Waals surface area contributed by atoms with Crippen LogP contribution in [0.1, 0.15) is 26.3 Å². The minimum Gasteiger partial charge on any atom is -0.493 e. The fraction of sp³-hybridized carbons (Fsp3) is 0.176. The number of carbonyl (C=O) groups is 2. The van der Waals surface area contributed by atoms with Gasteiger partial charge in [-0.1, -0.05) is 27.5 Å².